The van der Waals surface area contributed by atoms with Gasteiger partial charge in [-0.15, -0.1) is 10.2 Å². The number of ether oxygens (including phenoxy) is 3. The smallest absolute Gasteiger partial charge is 0.236 e. The lowest BCUT2D eigenvalue weighted by molar-refractivity contribution is -0.113. The van der Waals surface area contributed by atoms with Crippen molar-refractivity contribution in [2.75, 3.05) is 31.4 Å². The predicted molar refractivity (Wildman–Crippen MR) is 118 cm³/mol. The first-order valence-electron chi connectivity index (χ1n) is 9.37. The molecule has 0 bridgehead atoms. The van der Waals surface area contributed by atoms with E-state index in [2.05, 4.69) is 20.5 Å². The van der Waals surface area contributed by atoms with Crippen LogP contribution in [0.25, 0.3) is 15.9 Å². The summed E-state index contributed by atoms with van der Waals surface area (Å²) in [5.74, 6) is 2.14. The first-order valence-corrected chi connectivity index (χ1v) is 11.2. The molecule has 1 aliphatic heterocycles. The number of benzene rings is 2. The van der Waals surface area contributed by atoms with E-state index in [1.807, 2.05) is 41.0 Å². The highest BCUT2D eigenvalue weighted by atomic mass is 32.2. The van der Waals surface area contributed by atoms with E-state index in [0.717, 1.165) is 21.7 Å². The zero-order valence-corrected chi connectivity index (χ0v) is 18.0. The van der Waals surface area contributed by atoms with Crippen LogP contribution in [0.1, 0.15) is 0 Å². The van der Waals surface area contributed by atoms with Gasteiger partial charge in [0, 0.05) is 17.8 Å². The van der Waals surface area contributed by atoms with E-state index in [1.54, 1.807) is 13.4 Å². The summed E-state index contributed by atoms with van der Waals surface area (Å²) in [6, 6.07) is 11.3. The number of rotatable bonds is 6. The lowest BCUT2D eigenvalue weighted by Crippen LogP contribution is -2.15. The third-order valence-electron chi connectivity index (χ3n) is 4.50. The first kappa shape index (κ1) is 19.6. The molecule has 1 N–H and O–H groups in total. The summed E-state index contributed by atoms with van der Waals surface area (Å²) in [7, 11) is 1.62. The average molecular weight is 456 g/mol. The van der Waals surface area contributed by atoms with Crippen LogP contribution in [0.15, 0.2) is 47.9 Å². The highest BCUT2D eigenvalue weighted by Gasteiger charge is 2.17. The van der Waals surface area contributed by atoms with Gasteiger partial charge in [-0.3, -0.25) is 9.36 Å². The van der Waals surface area contributed by atoms with Gasteiger partial charge in [-0.25, -0.2) is 4.98 Å². The number of hydrogen-bond acceptors (Lipinski definition) is 9. The molecule has 0 unspecified atom stereocenters. The van der Waals surface area contributed by atoms with Gasteiger partial charge in [0.25, 0.3) is 0 Å². The fourth-order valence-electron chi connectivity index (χ4n) is 3.05. The second kappa shape index (κ2) is 8.44. The van der Waals surface area contributed by atoms with Crippen LogP contribution in [-0.4, -0.2) is 51.7 Å². The molecule has 9 nitrogen and oxygen atoms in total. The standard InChI is InChI=1S/C20H17N5O4S2/c1-27-13-4-2-12(3-5-13)25-11-21-24-20(25)30-10-18(26)23-19-22-14-8-15-16(9-17(14)31-19)29-7-6-28-15/h2-5,8-9,11H,6-7,10H2,1H3,(H,22,23,26). The number of thiazole rings is 1. The van der Waals surface area contributed by atoms with Gasteiger partial charge in [0.05, 0.1) is 23.1 Å². The largest absolute Gasteiger partial charge is 0.497 e. The molecular weight excluding hydrogens is 438 g/mol. The van der Waals surface area contributed by atoms with Crippen LogP contribution in [0.5, 0.6) is 17.2 Å². The van der Waals surface area contributed by atoms with E-state index in [1.165, 1.54) is 23.1 Å². The number of nitrogens with zero attached hydrogens (tertiary/aromatic N) is 4. The summed E-state index contributed by atoms with van der Waals surface area (Å²) in [4.78, 5) is 17.0. The van der Waals surface area contributed by atoms with Crippen LogP contribution in [0.2, 0.25) is 0 Å². The van der Waals surface area contributed by atoms with E-state index >= 15 is 0 Å². The molecule has 3 heterocycles. The maximum Gasteiger partial charge on any atom is 0.236 e. The first-order chi connectivity index (χ1) is 15.2. The number of thioether (sulfide) groups is 1. The summed E-state index contributed by atoms with van der Waals surface area (Å²) in [6.07, 6.45) is 1.61. The SMILES string of the molecule is COc1ccc(-n2cnnc2SCC(=O)Nc2nc3cc4c(cc3s2)OCCO4)cc1. The normalized spacial score (nSPS) is 12.7. The molecule has 0 atom stereocenters. The van der Waals surface area contributed by atoms with Crippen molar-refractivity contribution in [2.45, 2.75) is 5.16 Å². The third-order valence-corrected chi connectivity index (χ3v) is 6.37. The van der Waals surface area contributed by atoms with Crippen molar-refractivity contribution in [2.24, 2.45) is 0 Å². The molecule has 2 aromatic heterocycles. The summed E-state index contributed by atoms with van der Waals surface area (Å²) >= 11 is 2.69. The molecule has 4 aromatic rings. The third kappa shape index (κ3) is 4.14. The van der Waals surface area contributed by atoms with Crippen LogP contribution < -0.4 is 19.5 Å². The van der Waals surface area contributed by atoms with Gasteiger partial charge < -0.3 is 19.5 Å². The van der Waals surface area contributed by atoms with Crippen molar-refractivity contribution in [3.63, 3.8) is 0 Å². The van der Waals surface area contributed by atoms with Crippen LogP contribution in [0.3, 0.4) is 0 Å². The molecule has 5 rings (SSSR count). The van der Waals surface area contributed by atoms with Crippen LogP contribution >= 0.6 is 23.1 Å². The van der Waals surface area contributed by atoms with Crippen molar-refractivity contribution in [1.29, 1.82) is 0 Å². The van der Waals surface area contributed by atoms with Gasteiger partial charge >= 0.3 is 0 Å². The summed E-state index contributed by atoms with van der Waals surface area (Å²) in [6.45, 7) is 1.05. The maximum atomic E-state index is 12.5. The highest BCUT2D eigenvalue weighted by molar-refractivity contribution is 7.99. The Bertz CT molecular complexity index is 1200. The lowest BCUT2D eigenvalue weighted by Gasteiger charge is -2.17. The molecule has 1 amide bonds. The zero-order valence-electron chi connectivity index (χ0n) is 16.4. The fraction of sp³-hybridized carbons (Fsp3) is 0.200. The van der Waals surface area contributed by atoms with Gasteiger partial charge in [-0.2, -0.15) is 0 Å². The Morgan fingerprint density at radius 3 is 2.77 bits per heavy atom. The molecule has 0 saturated heterocycles. The molecule has 1 aliphatic rings. The second-order valence-electron chi connectivity index (χ2n) is 6.50. The van der Waals surface area contributed by atoms with Gasteiger partial charge in [-0.05, 0) is 24.3 Å². The Hall–Kier alpha value is -3.31. The van der Waals surface area contributed by atoms with Gasteiger partial charge in [0.1, 0.15) is 25.3 Å². The van der Waals surface area contributed by atoms with Gasteiger partial charge in [0.2, 0.25) is 5.91 Å². The minimum absolute atomic E-state index is 0.174. The maximum absolute atomic E-state index is 12.5. The number of methoxy groups -OCH3 is 1. The molecule has 0 saturated carbocycles. The van der Waals surface area contributed by atoms with Crippen LogP contribution in [-0.2, 0) is 4.79 Å². The number of hydrogen-bond donors (Lipinski definition) is 1. The van der Waals surface area contributed by atoms with E-state index in [-0.39, 0.29) is 11.7 Å². The minimum atomic E-state index is -0.175. The van der Waals surface area contributed by atoms with Gasteiger partial charge in [-0.1, -0.05) is 23.1 Å². The van der Waals surface area contributed by atoms with E-state index < -0.39 is 0 Å². The topological polar surface area (TPSA) is 100 Å². The summed E-state index contributed by atoms with van der Waals surface area (Å²) in [5.41, 5.74) is 1.64. The Morgan fingerprint density at radius 2 is 2.00 bits per heavy atom. The molecule has 2 aromatic carbocycles. The number of carbonyl (C=O) groups is 1. The Morgan fingerprint density at radius 1 is 1.23 bits per heavy atom. The number of nitrogens with one attached hydrogen (secondary N) is 1. The molecule has 0 aliphatic carbocycles. The lowest BCUT2D eigenvalue weighted by atomic mass is 10.3. The predicted octanol–water partition coefficient (Wildman–Crippen LogP) is 3.39. The highest BCUT2D eigenvalue weighted by Crippen LogP contribution is 2.37. The van der Waals surface area contributed by atoms with Crippen molar-refractivity contribution in [3.8, 4) is 22.9 Å². The quantitative estimate of drug-likeness (QED) is 0.442. The second-order valence-corrected chi connectivity index (χ2v) is 8.47. The molecule has 158 valence electrons. The minimum Gasteiger partial charge on any atom is -0.497 e. The Balaban J connectivity index is 1.25. The van der Waals surface area contributed by atoms with Crippen molar-refractivity contribution in [1.82, 2.24) is 19.7 Å². The van der Waals surface area contributed by atoms with E-state index in [4.69, 9.17) is 14.2 Å². The number of carbonyl (C=O) groups excluding carboxylic acids is 1. The summed E-state index contributed by atoms with van der Waals surface area (Å²) < 4.78 is 19.1. The monoisotopic (exact) mass is 455 g/mol. The van der Waals surface area contributed by atoms with E-state index in [0.29, 0.717) is 35.0 Å². The van der Waals surface area contributed by atoms with Crippen LogP contribution in [0.4, 0.5) is 5.13 Å². The molecule has 11 heteroatoms. The number of anilines is 1. The van der Waals surface area contributed by atoms with Crippen molar-refractivity contribution in [3.05, 3.63) is 42.7 Å². The van der Waals surface area contributed by atoms with Crippen molar-refractivity contribution >= 4 is 44.4 Å². The zero-order chi connectivity index (χ0) is 21.2. The van der Waals surface area contributed by atoms with Crippen molar-refractivity contribution < 1.29 is 19.0 Å². The summed E-state index contributed by atoms with van der Waals surface area (Å²) in [5, 5.41) is 12.1. The van der Waals surface area contributed by atoms with Gasteiger partial charge in [0.15, 0.2) is 21.8 Å². The Kier molecular flexibility index (Phi) is 5.35. The van der Waals surface area contributed by atoms with Crippen LogP contribution in [0, 0.1) is 0 Å². The molecule has 0 fully saturated rings. The molecule has 31 heavy (non-hydrogen) atoms. The average Bonchev–Trinajstić information content (AvgIpc) is 3.42. The number of fused-ring (bicyclic) bond motifs is 2. The molecular formula is C20H17N5O4S2. The fourth-order valence-corrected chi connectivity index (χ4v) is 4.67. The Labute approximate surface area is 185 Å². The molecule has 0 spiro atoms. The number of aromatic nitrogens is 4. The molecule has 0 radical (unpaired) electrons. The number of amides is 1. The van der Waals surface area contributed by atoms with E-state index in [9.17, 15) is 4.79 Å².